The van der Waals surface area contributed by atoms with Crippen LogP contribution in [0.3, 0.4) is 0 Å². The van der Waals surface area contributed by atoms with E-state index >= 15 is 0 Å². The van der Waals surface area contributed by atoms with E-state index in [0.717, 1.165) is 0 Å². The highest BCUT2D eigenvalue weighted by atomic mass is 16.6. The molecule has 1 N–H and O–H groups in total. The molecule has 0 spiro atoms. The van der Waals surface area contributed by atoms with Gasteiger partial charge in [0, 0.05) is 17.3 Å². The van der Waals surface area contributed by atoms with Gasteiger partial charge < -0.3 is 9.84 Å². The number of hydrogen-bond donors (Lipinski definition) is 1. The summed E-state index contributed by atoms with van der Waals surface area (Å²) in [5, 5.41) is 20.1. The van der Waals surface area contributed by atoms with Crippen molar-refractivity contribution in [3.05, 3.63) is 57.3 Å². The number of aryl methyl sites for hydroxylation is 2. The molecule has 0 aliphatic heterocycles. The van der Waals surface area contributed by atoms with Gasteiger partial charge in [0.1, 0.15) is 0 Å². The summed E-state index contributed by atoms with van der Waals surface area (Å²) in [5.74, 6) is -1.10. The maximum absolute atomic E-state index is 11.1. The zero-order valence-corrected chi connectivity index (χ0v) is 11.4. The molecule has 2 rings (SSSR count). The van der Waals surface area contributed by atoms with Gasteiger partial charge in [-0.05, 0) is 26.0 Å². The van der Waals surface area contributed by atoms with Gasteiger partial charge in [-0.25, -0.2) is 9.78 Å². The van der Waals surface area contributed by atoms with Crippen molar-refractivity contribution in [1.29, 1.82) is 0 Å². The lowest BCUT2D eigenvalue weighted by Crippen LogP contribution is -2.01. The topological polar surface area (TPSA) is 103 Å². The minimum atomic E-state index is -1.12. The highest BCUT2D eigenvalue weighted by Crippen LogP contribution is 2.33. The number of para-hydroxylation sites is 1. The second kappa shape index (κ2) is 5.58. The van der Waals surface area contributed by atoms with Gasteiger partial charge in [-0.2, -0.15) is 0 Å². The third-order valence-corrected chi connectivity index (χ3v) is 2.77. The fourth-order valence-electron chi connectivity index (χ4n) is 1.87. The molecule has 21 heavy (non-hydrogen) atoms. The van der Waals surface area contributed by atoms with Gasteiger partial charge in [0.25, 0.3) is 0 Å². The van der Waals surface area contributed by atoms with Crippen molar-refractivity contribution in [1.82, 2.24) is 4.98 Å². The van der Waals surface area contributed by atoms with Gasteiger partial charge in [-0.15, -0.1) is 0 Å². The molecule has 7 heteroatoms. The van der Waals surface area contributed by atoms with Crippen molar-refractivity contribution >= 4 is 11.7 Å². The molecule has 1 aromatic carbocycles. The largest absolute Gasteiger partial charge is 0.478 e. The number of carbonyl (C=O) groups is 1. The zero-order chi connectivity index (χ0) is 15.6. The summed E-state index contributed by atoms with van der Waals surface area (Å²) in [5.41, 5.74) is 0.731. The number of aromatic carboxylic acids is 1. The Hall–Kier alpha value is -2.96. The third-order valence-electron chi connectivity index (χ3n) is 2.77. The van der Waals surface area contributed by atoms with Crippen molar-refractivity contribution in [2.45, 2.75) is 13.8 Å². The van der Waals surface area contributed by atoms with E-state index < -0.39 is 10.9 Å². The molecule has 0 unspecified atom stereocenters. The van der Waals surface area contributed by atoms with Gasteiger partial charge in [-0.1, -0.05) is 12.1 Å². The Bertz CT molecular complexity index is 727. The average molecular weight is 288 g/mol. The van der Waals surface area contributed by atoms with Gasteiger partial charge in [0.05, 0.1) is 10.5 Å². The molecule has 0 amide bonds. The lowest BCUT2D eigenvalue weighted by atomic mass is 10.2. The standard InChI is InChI=1S/C14H12N2O5/c1-8-4-3-5-11(13(8)16(19)20)21-12-7-10(14(17)18)6-9(2)15-12/h3-7H,1-2H3,(H,17,18). The van der Waals surface area contributed by atoms with Crippen LogP contribution in [-0.4, -0.2) is 21.0 Å². The van der Waals surface area contributed by atoms with Crippen LogP contribution in [0, 0.1) is 24.0 Å². The normalized spacial score (nSPS) is 10.2. The smallest absolute Gasteiger partial charge is 0.335 e. The Morgan fingerprint density at radius 2 is 2.05 bits per heavy atom. The van der Waals surface area contributed by atoms with Crippen LogP contribution in [-0.2, 0) is 0 Å². The summed E-state index contributed by atoms with van der Waals surface area (Å²) in [7, 11) is 0. The molecule has 7 nitrogen and oxygen atoms in total. The van der Waals surface area contributed by atoms with Crippen LogP contribution in [0.25, 0.3) is 0 Å². The summed E-state index contributed by atoms with van der Waals surface area (Å²) in [6.45, 7) is 3.21. The van der Waals surface area contributed by atoms with Crippen LogP contribution in [0.5, 0.6) is 11.6 Å². The number of carboxylic acid groups (broad SMARTS) is 1. The van der Waals surface area contributed by atoms with Crippen LogP contribution in [0.15, 0.2) is 30.3 Å². The van der Waals surface area contributed by atoms with Crippen LogP contribution >= 0.6 is 0 Å². The van der Waals surface area contributed by atoms with E-state index in [1.165, 1.54) is 18.2 Å². The van der Waals surface area contributed by atoms with E-state index in [1.807, 2.05) is 0 Å². The summed E-state index contributed by atoms with van der Waals surface area (Å²) in [4.78, 5) is 25.6. The molecule has 1 heterocycles. The fraction of sp³-hybridized carbons (Fsp3) is 0.143. The third kappa shape index (κ3) is 3.14. The van der Waals surface area contributed by atoms with Crippen molar-refractivity contribution in [3.8, 4) is 11.6 Å². The van der Waals surface area contributed by atoms with Crippen LogP contribution < -0.4 is 4.74 Å². The number of carboxylic acids is 1. The maximum Gasteiger partial charge on any atom is 0.335 e. The summed E-state index contributed by atoms with van der Waals surface area (Å²) >= 11 is 0. The second-order valence-electron chi connectivity index (χ2n) is 4.42. The van der Waals surface area contributed by atoms with Gasteiger partial charge in [0.15, 0.2) is 0 Å². The first kappa shape index (κ1) is 14.4. The Morgan fingerprint density at radius 1 is 1.33 bits per heavy atom. The maximum atomic E-state index is 11.1. The summed E-state index contributed by atoms with van der Waals surface area (Å²) in [6, 6.07) is 7.26. The number of pyridine rings is 1. The van der Waals surface area contributed by atoms with Crippen molar-refractivity contribution in [2.24, 2.45) is 0 Å². The molecule has 0 aliphatic rings. The van der Waals surface area contributed by atoms with E-state index in [9.17, 15) is 14.9 Å². The van der Waals surface area contributed by atoms with Gasteiger partial charge in [-0.3, -0.25) is 10.1 Å². The highest BCUT2D eigenvalue weighted by Gasteiger charge is 2.19. The van der Waals surface area contributed by atoms with E-state index in [0.29, 0.717) is 11.3 Å². The second-order valence-corrected chi connectivity index (χ2v) is 4.42. The van der Waals surface area contributed by atoms with Gasteiger partial charge in [0.2, 0.25) is 11.6 Å². The Labute approximate surface area is 120 Å². The summed E-state index contributed by atoms with van der Waals surface area (Å²) < 4.78 is 5.41. The minimum absolute atomic E-state index is 0.00102. The molecule has 0 saturated carbocycles. The van der Waals surface area contributed by atoms with Crippen LogP contribution in [0.1, 0.15) is 21.6 Å². The molecule has 1 aromatic heterocycles. The highest BCUT2D eigenvalue weighted by molar-refractivity contribution is 5.88. The monoisotopic (exact) mass is 288 g/mol. The molecular weight excluding hydrogens is 276 g/mol. The Morgan fingerprint density at radius 3 is 2.67 bits per heavy atom. The molecule has 0 radical (unpaired) electrons. The summed E-state index contributed by atoms with van der Waals surface area (Å²) in [6.07, 6.45) is 0. The molecule has 0 bridgehead atoms. The SMILES string of the molecule is Cc1cc(C(=O)O)cc(Oc2cccc(C)c2[N+](=O)[O-])n1. The van der Waals surface area contributed by atoms with E-state index in [1.54, 1.807) is 26.0 Å². The molecule has 0 saturated heterocycles. The average Bonchev–Trinajstić information content (AvgIpc) is 2.37. The minimum Gasteiger partial charge on any atom is -0.478 e. The number of hydrogen-bond acceptors (Lipinski definition) is 5. The Kier molecular flexibility index (Phi) is 3.84. The van der Waals surface area contributed by atoms with Crippen molar-refractivity contribution in [2.75, 3.05) is 0 Å². The number of nitro benzene ring substituents is 1. The van der Waals surface area contributed by atoms with E-state index in [4.69, 9.17) is 9.84 Å². The molecule has 108 valence electrons. The molecular formula is C14H12N2O5. The Balaban J connectivity index is 2.46. The quantitative estimate of drug-likeness (QED) is 0.685. The zero-order valence-electron chi connectivity index (χ0n) is 11.4. The lowest BCUT2D eigenvalue weighted by Gasteiger charge is -2.08. The first-order valence-corrected chi connectivity index (χ1v) is 6.02. The van der Waals surface area contributed by atoms with E-state index in [2.05, 4.69) is 4.98 Å². The van der Waals surface area contributed by atoms with Gasteiger partial charge >= 0.3 is 11.7 Å². The first-order valence-electron chi connectivity index (χ1n) is 6.02. The molecule has 0 atom stereocenters. The first-order chi connectivity index (χ1) is 9.88. The number of nitro groups is 1. The number of ether oxygens (including phenoxy) is 1. The van der Waals surface area contributed by atoms with Crippen molar-refractivity contribution < 1.29 is 19.6 Å². The number of rotatable bonds is 4. The van der Waals surface area contributed by atoms with Crippen molar-refractivity contribution in [3.63, 3.8) is 0 Å². The molecule has 2 aromatic rings. The molecule has 0 aliphatic carbocycles. The fourth-order valence-corrected chi connectivity index (χ4v) is 1.87. The predicted octanol–water partition coefficient (Wildman–Crippen LogP) is 3.10. The predicted molar refractivity (Wildman–Crippen MR) is 73.8 cm³/mol. The number of nitrogens with zero attached hydrogens (tertiary/aromatic N) is 2. The van der Waals surface area contributed by atoms with Crippen LogP contribution in [0.4, 0.5) is 5.69 Å². The number of benzene rings is 1. The van der Waals surface area contributed by atoms with Crippen LogP contribution in [0.2, 0.25) is 0 Å². The van der Waals surface area contributed by atoms with E-state index in [-0.39, 0.29) is 22.9 Å². The molecule has 0 fully saturated rings. The lowest BCUT2D eigenvalue weighted by molar-refractivity contribution is -0.386. The number of aromatic nitrogens is 1.